The first kappa shape index (κ1) is 13.6. The topological polar surface area (TPSA) is 37.8 Å². The lowest BCUT2D eigenvalue weighted by atomic mass is 10.3. The van der Waals surface area contributed by atoms with Crippen molar-refractivity contribution in [2.45, 2.75) is 0 Å². The van der Waals surface area contributed by atoms with Gasteiger partial charge in [-0.25, -0.2) is 18.7 Å². The Morgan fingerprint density at radius 1 is 1.11 bits per heavy atom. The fourth-order valence-electron chi connectivity index (χ4n) is 1.18. The molecule has 0 saturated heterocycles. The maximum absolute atomic E-state index is 13.6. The third-order valence-electron chi connectivity index (χ3n) is 2.01. The Morgan fingerprint density at radius 2 is 1.83 bits per heavy atom. The molecule has 0 unspecified atom stereocenters. The summed E-state index contributed by atoms with van der Waals surface area (Å²) in [5, 5.41) is 2.80. The highest BCUT2D eigenvalue weighted by atomic mass is 79.9. The van der Waals surface area contributed by atoms with Crippen molar-refractivity contribution in [1.29, 1.82) is 0 Å². The van der Waals surface area contributed by atoms with Crippen LogP contribution in [0.25, 0.3) is 0 Å². The Balaban J connectivity index is 2.40. The molecule has 0 aliphatic carbocycles. The predicted molar refractivity (Wildman–Crippen MR) is 72.1 cm³/mol. The van der Waals surface area contributed by atoms with Crippen molar-refractivity contribution in [3.63, 3.8) is 0 Å². The lowest BCUT2D eigenvalue weighted by Crippen LogP contribution is -1.99. The predicted octanol–water partition coefficient (Wildman–Crippen LogP) is 4.68. The number of hydrogen-bond donors (Lipinski definition) is 1. The highest BCUT2D eigenvalue weighted by molar-refractivity contribution is 9.11. The van der Waals surface area contributed by atoms with Gasteiger partial charge in [0.1, 0.15) is 28.9 Å². The van der Waals surface area contributed by atoms with Crippen LogP contribution in [0.1, 0.15) is 0 Å². The molecule has 8 heteroatoms. The van der Waals surface area contributed by atoms with Crippen molar-refractivity contribution in [2.75, 3.05) is 5.32 Å². The SMILES string of the molecule is Fc1cc(Nc2ncnc(Cl)c2Br)c(F)cc1Br. The number of nitrogens with one attached hydrogen (secondary N) is 1. The lowest BCUT2D eigenvalue weighted by Gasteiger charge is -2.09. The molecule has 0 bridgehead atoms. The van der Waals surface area contributed by atoms with E-state index in [4.69, 9.17) is 11.6 Å². The summed E-state index contributed by atoms with van der Waals surface area (Å²) in [4.78, 5) is 7.60. The first-order valence-electron chi connectivity index (χ1n) is 4.56. The summed E-state index contributed by atoms with van der Waals surface area (Å²) < 4.78 is 27.3. The second-order valence-electron chi connectivity index (χ2n) is 3.20. The third-order valence-corrected chi connectivity index (χ3v) is 3.88. The van der Waals surface area contributed by atoms with Crippen molar-refractivity contribution >= 4 is 55.0 Å². The van der Waals surface area contributed by atoms with Crippen LogP contribution in [0, 0.1) is 11.6 Å². The normalized spacial score (nSPS) is 10.5. The smallest absolute Gasteiger partial charge is 0.149 e. The summed E-state index contributed by atoms with van der Waals surface area (Å²) in [5.74, 6) is -0.962. The van der Waals surface area contributed by atoms with E-state index in [2.05, 4.69) is 47.1 Å². The van der Waals surface area contributed by atoms with Crippen LogP contribution in [0.15, 0.2) is 27.4 Å². The van der Waals surface area contributed by atoms with Gasteiger partial charge in [0.25, 0.3) is 0 Å². The van der Waals surface area contributed by atoms with Gasteiger partial charge in [-0.15, -0.1) is 0 Å². The van der Waals surface area contributed by atoms with Crippen molar-refractivity contribution in [2.24, 2.45) is 0 Å². The van der Waals surface area contributed by atoms with E-state index in [1.165, 1.54) is 6.33 Å². The molecule has 0 atom stereocenters. The first-order valence-corrected chi connectivity index (χ1v) is 6.53. The van der Waals surface area contributed by atoms with E-state index in [9.17, 15) is 8.78 Å². The number of anilines is 2. The molecule has 2 rings (SSSR count). The zero-order valence-corrected chi connectivity index (χ0v) is 12.4. The number of hydrogen-bond acceptors (Lipinski definition) is 3. The average molecular weight is 399 g/mol. The fraction of sp³-hybridized carbons (Fsp3) is 0. The van der Waals surface area contributed by atoms with Crippen LogP contribution in [-0.2, 0) is 0 Å². The van der Waals surface area contributed by atoms with E-state index in [1.807, 2.05) is 0 Å². The van der Waals surface area contributed by atoms with Crippen LogP contribution < -0.4 is 5.32 Å². The first-order chi connectivity index (χ1) is 8.49. The van der Waals surface area contributed by atoms with E-state index in [-0.39, 0.29) is 21.1 Å². The van der Waals surface area contributed by atoms with Gasteiger partial charge in [0.2, 0.25) is 0 Å². The molecule has 18 heavy (non-hydrogen) atoms. The Morgan fingerprint density at radius 3 is 2.56 bits per heavy atom. The molecule has 1 aromatic carbocycles. The largest absolute Gasteiger partial charge is 0.337 e. The highest BCUT2D eigenvalue weighted by Crippen LogP contribution is 2.31. The molecule has 1 heterocycles. The van der Waals surface area contributed by atoms with E-state index in [0.717, 1.165) is 12.1 Å². The molecule has 0 aliphatic heterocycles. The maximum Gasteiger partial charge on any atom is 0.149 e. The maximum atomic E-state index is 13.6. The molecule has 1 N–H and O–H groups in total. The Hall–Kier alpha value is -0.790. The van der Waals surface area contributed by atoms with Gasteiger partial charge in [-0.3, -0.25) is 0 Å². The second-order valence-corrected chi connectivity index (χ2v) is 5.20. The molecule has 0 aliphatic rings. The highest BCUT2D eigenvalue weighted by Gasteiger charge is 2.12. The zero-order chi connectivity index (χ0) is 13.3. The van der Waals surface area contributed by atoms with E-state index < -0.39 is 11.6 Å². The van der Waals surface area contributed by atoms with Crippen LogP contribution in [0.4, 0.5) is 20.3 Å². The molecule has 3 nitrogen and oxygen atoms in total. The summed E-state index contributed by atoms with van der Waals surface area (Å²) in [6.45, 7) is 0. The standard InChI is InChI=1S/C10H4Br2ClF2N3/c11-4-1-6(15)7(2-5(4)14)18-10-8(12)9(13)16-3-17-10/h1-3H,(H,16,17,18). The number of rotatable bonds is 2. The molecule has 94 valence electrons. The van der Waals surface area contributed by atoms with Gasteiger partial charge in [0.15, 0.2) is 0 Å². The molecule has 0 amide bonds. The van der Waals surface area contributed by atoms with Crippen LogP contribution in [-0.4, -0.2) is 9.97 Å². The second kappa shape index (κ2) is 5.46. The van der Waals surface area contributed by atoms with E-state index in [0.29, 0.717) is 4.47 Å². The minimum atomic E-state index is -0.620. The molecule has 0 radical (unpaired) electrons. The van der Waals surface area contributed by atoms with Gasteiger partial charge in [-0.1, -0.05) is 11.6 Å². The van der Waals surface area contributed by atoms with E-state index >= 15 is 0 Å². The van der Waals surface area contributed by atoms with Crippen LogP contribution in [0.2, 0.25) is 5.15 Å². The molecular formula is C10H4Br2ClF2N3. The van der Waals surface area contributed by atoms with Crippen molar-refractivity contribution in [1.82, 2.24) is 9.97 Å². The van der Waals surface area contributed by atoms with Gasteiger partial charge in [-0.05, 0) is 37.9 Å². The molecule has 1 aromatic heterocycles. The van der Waals surface area contributed by atoms with Gasteiger partial charge in [-0.2, -0.15) is 0 Å². The Labute approximate surface area is 123 Å². The van der Waals surface area contributed by atoms with Crippen LogP contribution >= 0.6 is 43.5 Å². The van der Waals surface area contributed by atoms with E-state index in [1.54, 1.807) is 0 Å². The summed E-state index contributed by atoms with van der Waals surface area (Å²) >= 11 is 11.8. The molecule has 0 saturated carbocycles. The van der Waals surface area contributed by atoms with Gasteiger partial charge in [0.05, 0.1) is 14.6 Å². The van der Waals surface area contributed by atoms with Gasteiger partial charge >= 0.3 is 0 Å². The minimum Gasteiger partial charge on any atom is -0.337 e. The molecular weight excluding hydrogens is 395 g/mol. The number of halogens is 5. The van der Waals surface area contributed by atoms with Gasteiger partial charge < -0.3 is 5.32 Å². The summed E-state index contributed by atoms with van der Waals surface area (Å²) in [5.41, 5.74) is -0.0498. The van der Waals surface area contributed by atoms with Crippen LogP contribution in [0.3, 0.4) is 0 Å². The van der Waals surface area contributed by atoms with Crippen molar-refractivity contribution in [3.05, 3.63) is 44.2 Å². The fourth-order valence-corrected chi connectivity index (χ4v) is 1.93. The summed E-state index contributed by atoms with van der Waals surface area (Å²) in [6, 6.07) is 2.04. The average Bonchev–Trinajstić information content (AvgIpc) is 2.32. The van der Waals surface area contributed by atoms with Crippen molar-refractivity contribution in [3.8, 4) is 0 Å². The molecule has 2 aromatic rings. The Kier molecular flexibility index (Phi) is 4.14. The monoisotopic (exact) mass is 397 g/mol. The van der Waals surface area contributed by atoms with Gasteiger partial charge in [0, 0.05) is 6.07 Å². The zero-order valence-electron chi connectivity index (χ0n) is 8.52. The molecule has 0 fully saturated rings. The number of benzene rings is 1. The number of aromatic nitrogens is 2. The lowest BCUT2D eigenvalue weighted by molar-refractivity contribution is 0.597. The van der Waals surface area contributed by atoms with Crippen LogP contribution in [0.5, 0.6) is 0 Å². The quantitative estimate of drug-likeness (QED) is 0.589. The minimum absolute atomic E-state index is 0.0466. The van der Waals surface area contributed by atoms with Crippen molar-refractivity contribution < 1.29 is 8.78 Å². The summed E-state index contributed by atoms with van der Waals surface area (Å²) in [6.07, 6.45) is 1.21. The Bertz CT molecular complexity index is 610. The molecule has 0 spiro atoms. The number of nitrogens with zero attached hydrogens (tertiary/aromatic N) is 2. The summed E-state index contributed by atoms with van der Waals surface area (Å²) in [7, 11) is 0. The third kappa shape index (κ3) is 2.78.